The summed E-state index contributed by atoms with van der Waals surface area (Å²) in [4.78, 5) is 13.9. The van der Waals surface area contributed by atoms with Gasteiger partial charge in [0.25, 0.3) is 0 Å². The highest BCUT2D eigenvalue weighted by Gasteiger charge is 2.21. The summed E-state index contributed by atoms with van der Waals surface area (Å²) in [6, 6.07) is 16.7. The van der Waals surface area contributed by atoms with Crippen molar-refractivity contribution in [1.82, 2.24) is 0 Å². The number of ether oxygens (including phenoxy) is 1. The standard InChI is InChI=1S/C25H36N2O2/c1-18(17-26-21-13-10-12-20(16-21)24(2,3)4)19-11-9-14-22(15-19)27(8)23(28)29-25(5,6)7/h9-16,18,26H,17H2,1-8H3. The van der Waals surface area contributed by atoms with Crippen LogP contribution in [0, 0.1) is 0 Å². The third-order valence-electron chi connectivity index (χ3n) is 4.83. The molecule has 2 aromatic rings. The van der Waals surface area contributed by atoms with Crippen LogP contribution in [-0.2, 0) is 10.2 Å². The Hall–Kier alpha value is -2.49. The number of benzene rings is 2. The second kappa shape index (κ2) is 8.89. The Labute approximate surface area is 176 Å². The SMILES string of the molecule is CC(CNc1cccc(C(C)(C)C)c1)c1cccc(N(C)C(=O)OC(C)(C)C)c1. The molecule has 0 aliphatic carbocycles. The van der Waals surface area contributed by atoms with Gasteiger partial charge in [-0.3, -0.25) is 4.90 Å². The number of nitrogens with zero attached hydrogens (tertiary/aromatic N) is 1. The minimum atomic E-state index is -0.512. The third kappa shape index (κ3) is 6.81. The lowest BCUT2D eigenvalue weighted by Crippen LogP contribution is -2.34. The fourth-order valence-corrected chi connectivity index (χ4v) is 2.96. The molecule has 0 saturated heterocycles. The zero-order chi connectivity index (χ0) is 21.8. The number of carbonyl (C=O) groups excluding carboxylic acids is 1. The first kappa shape index (κ1) is 22.8. The Balaban J connectivity index is 2.06. The van der Waals surface area contributed by atoms with Crippen molar-refractivity contribution in [3.63, 3.8) is 0 Å². The molecule has 0 radical (unpaired) electrons. The predicted octanol–water partition coefficient (Wildman–Crippen LogP) is 6.57. The quantitative estimate of drug-likeness (QED) is 0.621. The molecule has 0 spiro atoms. The molecule has 2 aromatic carbocycles. The first-order chi connectivity index (χ1) is 13.4. The van der Waals surface area contributed by atoms with E-state index in [9.17, 15) is 4.79 Å². The van der Waals surface area contributed by atoms with Gasteiger partial charge >= 0.3 is 6.09 Å². The lowest BCUT2D eigenvalue weighted by atomic mass is 9.87. The largest absolute Gasteiger partial charge is 0.443 e. The number of amides is 1. The average molecular weight is 397 g/mol. The Kier molecular flexibility index (Phi) is 6.99. The molecule has 0 fully saturated rings. The lowest BCUT2D eigenvalue weighted by molar-refractivity contribution is 0.0589. The van der Waals surface area contributed by atoms with Gasteiger partial charge < -0.3 is 10.1 Å². The molecule has 1 unspecified atom stereocenters. The van der Waals surface area contributed by atoms with E-state index in [0.717, 1.165) is 17.9 Å². The molecule has 29 heavy (non-hydrogen) atoms. The van der Waals surface area contributed by atoms with E-state index in [-0.39, 0.29) is 11.5 Å². The summed E-state index contributed by atoms with van der Waals surface area (Å²) < 4.78 is 5.47. The molecule has 1 atom stereocenters. The summed E-state index contributed by atoms with van der Waals surface area (Å²) in [6.45, 7) is 15.3. The van der Waals surface area contributed by atoms with Gasteiger partial charge in [0, 0.05) is 25.0 Å². The van der Waals surface area contributed by atoms with Gasteiger partial charge in [0.15, 0.2) is 0 Å². The highest BCUT2D eigenvalue weighted by atomic mass is 16.6. The van der Waals surface area contributed by atoms with Gasteiger partial charge in [0.05, 0.1) is 0 Å². The van der Waals surface area contributed by atoms with Crippen molar-refractivity contribution < 1.29 is 9.53 Å². The van der Waals surface area contributed by atoms with Gasteiger partial charge in [-0.1, -0.05) is 52.0 Å². The van der Waals surface area contributed by atoms with Crippen LogP contribution in [0.5, 0.6) is 0 Å². The molecule has 0 aliphatic rings. The van der Waals surface area contributed by atoms with Crippen LogP contribution in [0.15, 0.2) is 48.5 Å². The second-order valence-corrected chi connectivity index (χ2v) is 9.75. The van der Waals surface area contributed by atoms with Crippen LogP contribution < -0.4 is 10.2 Å². The predicted molar refractivity (Wildman–Crippen MR) is 123 cm³/mol. The highest BCUT2D eigenvalue weighted by molar-refractivity contribution is 5.87. The van der Waals surface area contributed by atoms with Gasteiger partial charge in [-0.15, -0.1) is 0 Å². The van der Waals surface area contributed by atoms with Crippen LogP contribution in [0.4, 0.5) is 16.2 Å². The van der Waals surface area contributed by atoms with Gasteiger partial charge in [0.2, 0.25) is 0 Å². The number of hydrogen-bond donors (Lipinski definition) is 1. The molecule has 2 rings (SSSR count). The summed E-state index contributed by atoms with van der Waals surface area (Å²) >= 11 is 0. The maximum atomic E-state index is 12.4. The van der Waals surface area contributed by atoms with Crippen LogP contribution in [0.3, 0.4) is 0 Å². The van der Waals surface area contributed by atoms with E-state index in [4.69, 9.17) is 4.74 Å². The Morgan fingerprint density at radius 2 is 1.69 bits per heavy atom. The summed E-state index contributed by atoms with van der Waals surface area (Å²) in [5.74, 6) is 0.292. The minimum absolute atomic E-state index is 0.129. The summed E-state index contributed by atoms with van der Waals surface area (Å²) in [5.41, 5.74) is 4.07. The second-order valence-electron chi connectivity index (χ2n) is 9.75. The van der Waals surface area contributed by atoms with E-state index in [1.54, 1.807) is 11.9 Å². The Bertz CT molecular complexity index is 831. The molecule has 4 nitrogen and oxygen atoms in total. The molecule has 0 heterocycles. The monoisotopic (exact) mass is 396 g/mol. The maximum absolute atomic E-state index is 12.4. The van der Waals surface area contributed by atoms with Crippen molar-refractivity contribution in [3.05, 3.63) is 59.7 Å². The number of rotatable bonds is 5. The number of hydrogen-bond acceptors (Lipinski definition) is 3. The lowest BCUT2D eigenvalue weighted by Gasteiger charge is -2.25. The summed E-state index contributed by atoms with van der Waals surface area (Å²) in [7, 11) is 1.74. The minimum Gasteiger partial charge on any atom is -0.443 e. The fraction of sp³-hybridized carbons (Fsp3) is 0.480. The molecule has 1 amide bonds. The van der Waals surface area contributed by atoms with Gasteiger partial charge in [-0.25, -0.2) is 4.79 Å². The number of anilines is 2. The Morgan fingerprint density at radius 3 is 2.31 bits per heavy atom. The number of carbonyl (C=O) groups is 1. The number of nitrogens with one attached hydrogen (secondary N) is 1. The fourth-order valence-electron chi connectivity index (χ4n) is 2.96. The van der Waals surface area contributed by atoms with E-state index in [1.165, 1.54) is 11.1 Å². The van der Waals surface area contributed by atoms with Crippen LogP contribution in [0.2, 0.25) is 0 Å². The molecule has 0 aliphatic heterocycles. The highest BCUT2D eigenvalue weighted by Crippen LogP contribution is 2.26. The average Bonchev–Trinajstić information content (AvgIpc) is 2.63. The molecule has 0 bridgehead atoms. The molecule has 1 N–H and O–H groups in total. The molecule has 158 valence electrons. The van der Waals surface area contributed by atoms with Crippen LogP contribution in [0.25, 0.3) is 0 Å². The normalized spacial score (nSPS) is 13.0. The van der Waals surface area contributed by atoms with E-state index in [1.807, 2.05) is 32.9 Å². The van der Waals surface area contributed by atoms with Crippen molar-refractivity contribution >= 4 is 17.5 Å². The summed E-state index contributed by atoms with van der Waals surface area (Å²) in [5, 5.41) is 3.55. The van der Waals surface area contributed by atoms with Crippen molar-refractivity contribution in [3.8, 4) is 0 Å². The van der Waals surface area contributed by atoms with E-state index >= 15 is 0 Å². The van der Waals surface area contributed by atoms with E-state index < -0.39 is 5.60 Å². The molecule has 0 aromatic heterocycles. The van der Waals surface area contributed by atoms with Crippen molar-refractivity contribution in [2.75, 3.05) is 23.8 Å². The van der Waals surface area contributed by atoms with E-state index in [0.29, 0.717) is 5.92 Å². The Morgan fingerprint density at radius 1 is 1.03 bits per heavy atom. The van der Waals surface area contributed by atoms with Crippen molar-refractivity contribution in [2.24, 2.45) is 0 Å². The van der Waals surface area contributed by atoms with Gasteiger partial charge in [-0.05, 0) is 67.5 Å². The van der Waals surface area contributed by atoms with Gasteiger partial charge in [-0.2, -0.15) is 0 Å². The van der Waals surface area contributed by atoms with Crippen LogP contribution in [-0.4, -0.2) is 25.3 Å². The van der Waals surface area contributed by atoms with Crippen LogP contribution in [0.1, 0.15) is 65.5 Å². The maximum Gasteiger partial charge on any atom is 0.414 e. The third-order valence-corrected chi connectivity index (χ3v) is 4.83. The first-order valence-corrected chi connectivity index (χ1v) is 10.3. The molecular formula is C25H36N2O2. The van der Waals surface area contributed by atoms with Crippen molar-refractivity contribution in [1.29, 1.82) is 0 Å². The summed E-state index contributed by atoms with van der Waals surface area (Å²) in [6.07, 6.45) is -0.348. The van der Waals surface area contributed by atoms with E-state index in [2.05, 4.69) is 69.4 Å². The topological polar surface area (TPSA) is 41.6 Å². The molecule has 0 saturated carbocycles. The zero-order valence-electron chi connectivity index (χ0n) is 19.2. The smallest absolute Gasteiger partial charge is 0.414 e. The van der Waals surface area contributed by atoms with Crippen LogP contribution >= 0.6 is 0 Å². The zero-order valence-corrected chi connectivity index (χ0v) is 19.2. The molecule has 4 heteroatoms. The van der Waals surface area contributed by atoms with Gasteiger partial charge in [0.1, 0.15) is 5.60 Å². The molecular weight excluding hydrogens is 360 g/mol. The first-order valence-electron chi connectivity index (χ1n) is 10.3. The van der Waals surface area contributed by atoms with Crippen molar-refractivity contribution in [2.45, 2.75) is 65.4 Å².